The first-order chi connectivity index (χ1) is 9.96. The molecule has 21 heavy (non-hydrogen) atoms. The molecule has 0 heterocycles. The van der Waals surface area contributed by atoms with Crippen molar-refractivity contribution in [3.8, 4) is 0 Å². The van der Waals surface area contributed by atoms with Gasteiger partial charge in [-0.05, 0) is 70.0 Å². The monoisotopic (exact) mass is 294 g/mol. The van der Waals surface area contributed by atoms with Gasteiger partial charge in [0.25, 0.3) is 0 Å². The summed E-state index contributed by atoms with van der Waals surface area (Å²) in [7, 11) is 2.34. The van der Waals surface area contributed by atoms with E-state index in [-0.39, 0.29) is 0 Å². The molecule has 0 saturated heterocycles. The molecule has 2 aliphatic carbocycles. The number of nitrogens with one attached hydrogen (secondary N) is 1. The highest BCUT2D eigenvalue weighted by Gasteiger charge is 2.31. The summed E-state index contributed by atoms with van der Waals surface area (Å²) >= 11 is 0. The molecule has 0 radical (unpaired) electrons. The van der Waals surface area contributed by atoms with Gasteiger partial charge in [0, 0.05) is 12.1 Å². The molecule has 1 N–H and O–H groups in total. The van der Waals surface area contributed by atoms with Gasteiger partial charge in [0.1, 0.15) is 0 Å². The van der Waals surface area contributed by atoms with Crippen molar-refractivity contribution in [2.45, 2.75) is 90.6 Å². The normalized spacial score (nSPS) is 30.7. The van der Waals surface area contributed by atoms with Gasteiger partial charge in [-0.1, -0.05) is 40.0 Å². The Balaban J connectivity index is 1.60. The average Bonchev–Trinajstić information content (AvgIpc) is 2.42. The van der Waals surface area contributed by atoms with E-state index in [0.29, 0.717) is 5.41 Å². The predicted molar refractivity (Wildman–Crippen MR) is 92.7 cm³/mol. The zero-order chi connectivity index (χ0) is 15.3. The fraction of sp³-hybridized carbons (Fsp3) is 1.00. The zero-order valence-corrected chi connectivity index (χ0v) is 15.0. The summed E-state index contributed by atoms with van der Waals surface area (Å²) in [6.07, 6.45) is 12.6. The van der Waals surface area contributed by atoms with Crippen LogP contribution in [0.25, 0.3) is 0 Å². The fourth-order valence-corrected chi connectivity index (χ4v) is 4.84. The highest BCUT2D eigenvalue weighted by Crippen LogP contribution is 2.38. The van der Waals surface area contributed by atoms with Crippen LogP contribution in [0, 0.1) is 11.3 Å². The van der Waals surface area contributed by atoms with E-state index in [9.17, 15) is 0 Å². The summed E-state index contributed by atoms with van der Waals surface area (Å²) in [4.78, 5) is 2.62. The van der Waals surface area contributed by atoms with Crippen LogP contribution in [0.2, 0.25) is 0 Å². The highest BCUT2D eigenvalue weighted by molar-refractivity contribution is 4.86. The minimum Gasteiger partial charge on any atom is -0.314 e. The van der Waals surface area contributed by atoms with Gasteiger partial charge in [-0.2, -0.15) is 0 Å². The molecule has 0 aromatic rings. The summed E-state index contributed by atoms with van der Waals surface area (Å²) in [5.74, 6) is 0.885. The van der Waals surface area contributed by atoms with Gasteiger partial charge in [0.15, 0.2) is 0 Å². The van der Waals surface area contributed by atoms with Crippen LogP contribution in [0.4, 0.5) is 0 Å². The third-order valence-electron chi connectivity index (χ3n) is 5.71. The van der Waals surface area contributed by atoms with E-state index in [1.165, 1.54) is 70.9 Å². The number of nitrogens with zero attached hydrogens (tertiary/aromatic N) is 1. The Morgan fingerprint density at radius 1 is 1.10 bits per heavy atom. The van der Waals surface area contributed by atoms with E-state index in [2.05, 4.69) is 38.0 Å². The van der Waals surface area contributed by atoms with Crippen molar-refractivity contribution in [3.05, 3.63) is 0 Å². The zero-order valence-electron chi connectivity index (χ0n) is 15.0. The summed E-state index contributed by atoms with van der Waals surface area (Å²) in [6, 6.07) is 1.62. The Labute approximate surface area is 133 Å². The fourth-order valence-electron chi connectivity index (χ4n) is 4.84. The molecule has 2 heteroatoms. The Kier molecular flexibility index (Phi) is 6.55. The van der Waals surface area contributed by atoms with Crippen molar-refractivity contribution in [2.75, 3.05) is 20.1 Å². The van der Waals surface area contributed by atoms with Gasteiger partial charge in [0.2, 0.25) is 0 Å². The number of hydrogen-bond acceptors (Lipinski definition) is 2. The van der Waals surface area contributed by atoms with E-state index >= 15 is 0 Å². The molecule has 2 saturated carbocycles. The van der Waals surface area contributed by atoms with E-state index in [0.717, 1.165) is 18.0 Å². The van der Waals surface area contributed by atoms with Gasteiger partial charge >= 0.3 is 0 Å². The van der Waals surface area contributed by atoms with Crippen molar-refractivity contribution in [1.29, 1.82) is 0 Å². The maximum Gasteiger partial charge on any atom is 0.00922 e. The maximum atomic E-state index is 3.84. The second kappa shape index (κ2) is 7.97. The van der Waals surface area contributed by atoms with Crippen molar-refractivity contribution < 1.29 is 0 Å². The van der Waals surface area contributed by atoms with Crippen LogP contribution in [0.15, 0.2) is 0 Å². The Bertz CT molecular complexity index is 294. The molecule has 0 aromatic heterocycles. The molecule has 2 nitrogen and oxygen atoms in total. The largest absolute Gasteiger partial charge is 0.314 e. The molecule has 2 unspecified atom stereocenters. The second-order valence-corrected chi connectivity index (χ2v) is 8.69. The molecular weight excluding hydrogens is 256 g/mol. The standard InChI is InChI=1S/C19H38N2/c1-16-13-17(15-19(2,3)14-16)20-11-8-12-21(4)18-9-6-5-7-10-18/h16-18,20H,5-15H2,1-4H3. The molecule has 2 atom stereocenters. The predicted octanol–water partition coefficient (Wildman–Crippen LogP) is 4.45. The molecule has 2 fully saturated rings. The lowest BCUT2D eigenvalue weighted by molar-refractivity contribution is 0.148. The number of hydrogen-bond donors (Lipinski definition) is 1. The van der Waals surface area contributed by atoms with E-state index in [1.54, 1.807) is 0 Å². The third-order valence-corrected chi connectivity index (χ3v) is 5.71. The van der Waals surface area contributed by atoms with E-state index in [1.807, 2.05) is 0 Å². The average molecular weight is 295 g/mol. The summed E-state index contributed by atoms with van der Waals surface area (Å²) in [6.45, 7) is 9.77. The summed E-state index contributed by atoms with van der Waals surface area (Å²) in [5, 5.41) is 3.84. The SMILES string of the molecule is CC1CC(NCCCN(C)C2CCCCC2)CC(C)(C)C1. The van der Waals surface area contributed by atoms with Crippen LogP contribution in [0.5, 0.6) is 0 Å². The van der Waals surface area contributed by atoms with Crippen LogP contribution >= 0.6 is 0 Å². The smallest absolute Gasteiger partial charge is 0.00922 e. The third kappa shape index (κ3) is 5.90. The van der Waals surface area contributed by atoms with Gasteiger partial charge < -0.3 is 10.2 Å². The quantitative estimate of drug-likeness (QED) is 0.728. The lowest BCUT2D eigenvalue weighted by Gasteiger charge is -2.39. The van der Waals surface area contributed by atoms with Crippen molar-refractivity contribution in [1.82, 2.24) is 10.2 Å². The van der Waals surface area contributed by atoms with Gasteiger partial charge in [-0.3, -0.25) is 0 Å². The first kappa shape index (κ1) is 17.3. The molecule has 0 spiro atoms. The molecule has 2 aliphatic rings. The molecule has 2 rings (SSSR count). The Morgan fingerprint density at radius 3 is 2.48 bits per heavy atom. The molecule has 0 aliphatic heterocycles. The van der Waals surface area contributed by atoms with Crippen molar-refractivity contribution >= 4 is 0 Å². The van der Waals surface area contributed by atoms with Crippen LogP contribution in [-0.2, 0) is 0 Å². The van der Waals surface area contributed by atoms with E-state index in [4.69, 9.17) is 0 Å². The minimum absolute atomic E-state index is 0.536. The maximum absolute atomic E-state index is 3.84. The van der Waals surface area contributed by atoms with Crippen LogP contribution in [0.3, 0.4) is 0 Å². The van der Waals surface area contributed by atoms with Crippen LogP contribution in [-0.4, -0.2) is 37.1 Å². The number of rotatable bonds is 6. The minimum atomic E-state index is 0.536. The molecule has 0 bridgehead atoms. The second-order valence-electron chi connectivity index (χ2n) is 8.69. The topological polar surface area (TPSA) is 15.3 Å². The van der Waals surface area contributed by atoms with Crippen molar-refractivity contribution in [3.63, 3.8) is 0 Å². The Morgan fingerprint density at radius 2 is 1.81 bits per heavy atom. The summed E-state index contributed by atoms with van der Waals surface area (Å²) < 4.78 is 0. The Hall–Kier alpha value is -0.0800. The van der Waals surface area contributed by atoms with Crippen LogP contribution < -0.4 is 5.32 Å². The highest BCUT2D eigenvalue weighted by atomic mass is 15.1. The first-order valence-electron chi connectivity index (χ1n) is 9.40. The molecule has 124 valence electrons. The lowest BCUT2D eigenvalue weighted by Crippen LogP contribution is -2.41. The first-order valence-corrected chi connectivity index (χ1v) is 9.40. The van der Waals surface area contributed by atoms with Gasteiger partial charge in [-0.25, -0.2) is 0 Å². The van der Waals surface area contributed by atoms with E-state index < -0.39 is 0 Å². The molecule has 0 aromatic carbocycles. The summed E-state index contributed by atoms with van der Waals surface area (Å²) in [5.41, 5.74) is 0.536. The van der Waals surface area contributed by atoms with Gasteiger partial charge in [-0.15, -0.1) is 0 Å². The molecular formula is C19H38N2. The lowest BCUT2D eigenvalue weighted by atomic mass is 9.70. The van der Waals surface area contributed by atoms with Crippen LogP contribution in [0.1, 0.15) is 78.6 Å². The molecule has 0 amide bonds. The van der Waals surface area contributed by atoms with Crippen molar-refractivity contribution in [2.24, 2.45) is 11.3 Å². The van der Waals surface area contributed by atoms with Gasteiger partial charge in [0.05, 0.1) is 0 Å².